The van der Waals surface area contributed by atoms with E-state index in [1.54, 1.807) is 19.1 Å². The third-order valence-corrected chi connectivity index (χ3v) is 6.83. The molecule has 0 bridgehead atoms. The smallest absolute Gasteiger partial charge is 0.227 e. The summed E-state index contributed by atoms with van der Waals surface area (Å²) in [6.45, 7) is 4.79. The molecule has 1 unspecified atom stereocenters. The molecule has 1 aliphatic heterocycles. The van der Waals surface area contributed by atoms with Gasteiger partial charge in [0.15, 0.2) is 17.3 Å². The number of hydrogen-bond acceptors (Lipinski definition) is 10. The number of carbonyl (C=O) groups is 2. The molecule has 0 spiro atoms. The second-order valence-corrected chi connectivity index (χ2v) is 9.40. The number of ether oxygens (including phenoxy) is 4. The normalized spacial score (nSPS) is 15.1. The molecule has 2 aromatic rings. The van der Waals surface area contributed by atoms with Gasteiger partial charge in [-0.15, -0.1) is 0 Å². The Balaban J connectivity index is 1.89. The fourth-order valence-electron chi connectivity index (χ4n) is 4.72. The van der Waals surface area contributed by atoms with Gasteiger partial charge >= 0.3 is 0 Å². The summed E-state index contributed by atoms with van der Waals surface area (Å²) in [5, 5.41) is 34.0. The Morgan fingerprint density at radius 1 is 1.07 bits per heavy atom. The van der Waals surface area contributed by atoms with Crippen LogP contribution in [0.2, 0.25) is 0 Å². The highest BCUT2D eigenvalue weighted by Gasteiger charge is 2.27. The molecule has 4 N–H and O–H groups in total. The summed E-state index contributed by atoms with van der Waals surface area (Å²) in [6.07, 6.45) is 0.817. The van der Waals surface area contributed by atoms with Gasteiger partial charge in [-0.25, -0.2) is 0 Å². The van der Waals surface area contributed by atoms with Gasteiger partial charge in [-0.1, -0.05) is 6.92 Å². The number of aliphatic hydroxyl groups excluding tert-OH is 1. The minimum Gasteiger partial charge on any atom is -0.508 e. The molecule has 0 aliphatic carbocycles. The van der Waals surface area contributed by atoms with Crippen LogP contribution in [0.5, 0.6) is 23.0 Å². The van der Waals surface area contributed by atoms with Crippen molar-refractivity contribution in [3.8, 4) is 23.0 Å². The second kappa shape index (κ2) is 15.4. The number of ketones is 1. The first kappa shape index (κ1) is 31.2. The van der Waals surface area contributed by atoms with E-state index in [-0.39, 0.29) is 67.2 Å². The standard InChI is InChI=1S/C29H40N2O9/c1-4-21-22(16-27(35)31(9-11-32)10-14-37-2)28(24(34)17-23(21)33)29(36)19-5-6-25(26(15-19)38-3)40-12-7-20-18-30-8-13-39-20/h5-6,15,17,20,30,32-34H,4,7-14,16,18H2,1-3H3. The van der Waals surface area contributed by atoms with Crippen LogP contribution in [0.3, 0.4) is 0 Å². The molecule has 1 aliphatic rings. The molecule has 1 heterocycles. The fraction of sp³-hybridized carbons (Fsp3) is 0.517. The minimum absolute atomic E-state index is 0.0646. The number of rotatable bonds is 15. The number of phenolic OH excluding ortho intramolecular Hbond substituents is 2. The van der Waals surface area contributed by atoms with E-state index in [2.05, 4.69) is 5.32 Å². The molecule has 0 aromatic heterocycles. The predicted molar refractivity (Wildman–Crippen MR) is 148 cm³/mol. The molecule has 0 saturated carbocycles. The molecule has 3 rings (SSSR count). The average Bonchev–Trinajstić information content (AvgIpc) is 2.95. The zero-order valence-corrected chi connectivity index (χ0v) is 23.4. The lowest BCUT2D eigenvalue weighted by atomic mass is 9.89. The van der Waals surface area contributed by atoms with E-state index in [0.29, 0.717) is 43.1 Å². The molecule has 1 fully saturated rings. The molecule has 1 saturated heterocycles. The average molecular weight is 561 g/mol. The van der Waals surface area contributed by atoms with Gasteiger partial charge in [-0.2, -0.15) is 0 Å². The SMILES string of the molecule is CCc1c(O)cc(O)c(C(=O)c2ccc(OCCC3CNCCO3)c(OC)c2)c1CC(=O)N(CCO)CCOC. The zero-order valence-electron chi connectivity index (χ0n) is 23.4. The quantitative estimate of drug-likeness (QED) is 0.237. The van der Waals surface area contributed by atoms with Crippen molar-refractivity contribution in [1.29, 1.82) is 0 Å². The molecular formula is C29H40N2O9. The van der Waals surface area contributed by atoms with Crippen LogP contribution in [0.15, 0.2) is 24.3 Å². The predicted octanol–water partition coefficient (Wildman–Crippen LogP) is 1.67. The van der Waals surface area contributed by atoms with Crippen molar-refractivity contribution in [2.75, 3.05) is 66.8 Å². The van der Waals surface area contributed by atoms with E-state index < -0.39 is 11.5 Å². The van der Waals surface area contributed by atoms with Gasteiger partial charge in [0, 0.05) is 51.3 Å². The number of morpholine rings is 1. The number of amides is 1. The van der Waals surface area contributed by atoms with Crippen molar-refractivity contribution in [3.63, 3.8) is 0 Å². The summed E-state index contributed by atoms with van der Waals surface area (Å²) in [7, 11) is 2.98. The number of nitrogens with zero attached hydrogens (tertiary/aromatic N) is 1. The topological polar surface area (TPSA) is 147 Å². The van der Waals surface area contributed by atoms with E-state index >= 15 is 0 Å². The van der Waals surface area contributed by atoms with Crippen molar-refractivity contribution in [3.05, 3.63) is 46.5 Å². The van der Waals surface area contributed by atoms with E-state index in [0.717, 1.165) is 19.2 Å². The van der Waals surface area contributed by atoms with Gasteiger partial charge in [0.05, 0.1) is 51.6 Å². The summed E-state index contributed by atoms with van der Waals surface area (Å²) < 4.78 is 22.1. The third kappa shape index (κ3) is 7.85. The Bertz CT molecular complexity index is 1150. The summed E-state index contributed by atoms with van der Waals surface area (Å²) in [6, 6.07) is 5.84. The molecular weight excluding hydrogens is 520 g/mol. The van der Waals surface area contributed by atoms with E-state index in [9.17, 15) is 24.9 Å². The largest absolute Gasteiger partial charge is 0.508 e. The number of methoxy groups -OCH3 is 2. The lowest BCUT2D eigenvalue weighted by Gasteiger charge is -2.24. The van der Waals surface area contributed by atoms with Crippen molar-refractivity contribution >= 4 is 11.7 Å². The zero-order chi connectivity index (χ0) is 29.1. The maximum absolute atomic E-state index is 13.8. The van der Waals surface area contributed by atoms with E-state index in [1.165, 1.54) is 25.2 Å². The number of hydrogen-bond donors (Lipinski definition) is 4. The van der Waals surface area contributed by atoms with Gasteiger partial charge in [-0.3, -0.25) is 9.59 Å². The van der Waals surface area contributed by atoms with Gasteiger partial charge in [0.25, 0.3) is 0 Å². The highest BCUT2D eigenvalue weighted by molar-refractivity contribution is 6.12. The van der Waals surface area contributed by atoms with Crippen LogP contribution in [-0.4, -0.2) is 105 Å². The van der Waals surface area contributed by atoms with Crippen LogP contribution in [0.4, 0.5) is 0 Å². The highest BCUT2D eigenvalue weighted by Crippen LogP contribution is 2.36. The molecule has 1 atom stereocenters. The molecule has 0 radical (unpaired) electrons. The molecule has 1 amide bonds. The molecule has 11 heteroatoms. The summed E-state index contributed by atoms with van der Waals surface area (Å²) in [4.78, 5) is 28.4. The van der Waals surface area contributed by atoms with Gasteiger partial charge in [-0.05, 0) is 35.7 Å². The molecule has 2 aromatic carbocycles. The lowest BCUT2D eigenvalue weighted by molar-refractivity contribution is -0.131. The first-order valence-corrected chi connectivity index (χ1v) is 13.5. The van der Waals surface area contributed by atoms with E-state index in [4.69, 9.17) is 18.9 Å². The van der Waals surface area contributed by atoms with Crippen molar-refractivity contribution in [1.82, 2.24) is 10.2 Å². The molecule has 40 heavy (non-hydrogen) atoms. The van der Waals surface area contributed by atoms with Crippen LogP contribution in [0, 0.1) is 0 Å². The minimum atomic E-state index is -0.535. The third-order valence-electron chi connectivity index (χ3n) is 6.83. The Labute approximate surface area is 234 Å². The van der Waals surface area contributed by atoms with Crippen LogP contribution >= 0.6 is 0 Å². The van der Waals surface area contributed by atoms with Crippen molar-refractivity contribution < 1.29 is 43.9 Å². The number of carbonyl (C=O) groups excluding carboxylic acids is 2. The van der Waals surface area contributed by atoms with Crippen molar-refractivity contribution in [2.24, 2.45) is 0 Å². The fourth-order valence-corrected chi connectivity index (χ4v) is 4.72. The van der Waals surface area contributed by atoms with Gasteiger partial charge in [0.2, 0.25) is 5.91 Å². The Morgan fingerprint density at radius 3 is 2.52 bits per heavy atom. The molecule has 11 nitrogen and oxygen atoms in total. The second-order valence-electron chi connectivity index (χ2n) is 9.40. The van der Waals surface area contributed by atoms with Crippen LogP contribution in [0.25, 0.3) is 0 Å². The van der Waals surface area contributed by atoms with Crippen LogP contribution in [0.1, 0.15) is 40.4 Å². The first-order chi connectivity index (χ1) is 19.3. The maximum Gasteiger partial charge on any atom is 0.227 e. The highest BCUT2D eigenvalue weighted by atomic mass is 16.5. The van der Waals surface area contributed by atoms with Crippen molar-refractivity contribution in [2.45, 2.75) is 32.3 Å². The lowest BCUT2D eigenvalue weighted by Crippen LogP contribution is -2.39. The number of benzene rings is 2. The van der Waals surface area contributed by atoms with Gasteiger partial charge < -0.3 is 44.5 Å². The first-order valence-electron chi connectivity index (χ1n) is 13.5. The Kier molecular flexibility index (Phi) is 12.0. The Hall–Kier alpha value is -3.38. The monoisotopic (exact) mass is 560 g/mol. The summed E-state index contributed by atoms with van der Waals surface area (Å²) in [5.41, 5.74) is 0.760. The molecule has 220 valence electrons. The summed E-state index contributed by atoms with van der Waals surface area (Å²) >= 11 is 0. The number of phenols is 2. The van der Waals surface area contributed by atoms with E-state index in [1.807, 2.05) is 0 Å². The number of aliphatic hydroxyl groups is 1. The number of aromatic hydroxyl groups is 2. The Morgan fingerprint density at radius 2 is 1.88 bits per heavy atom. The maximum atomic E-state index is 13.8. The van der Waals surface area contributed by atoms with Crippen LogP contribution < -0.4 is 14.8 Å². The summed E-state index contributed by atoms with van der Waals surface area (Å²) in [5.74, 6) is -0.753. The van der Waals surface area contributed by atoms with Gasteiger partial charge in [0.1, 0.15) is 11.5 Å². The van der Waals surface area contributed by atoms with Crippen LogP contribution in [-0.2, 0) is 27.1 Å². The number of nitrogens with one attached hydrogen (secondary N) is 1.